The van der Waals surface area contributed by atoms with Gasteiger partial charge in [-0.2, -0.15) is 8.42 Å². The van der Waals surface area contributed by atoms with Crippen LogP contribution in [0.5, 0.6) is 0 Å². The Morgan fingerprint density at radius 2 is 1.83 bits per heavy atom. The maximum Gasteiger partial charge on any atom is 0.290 e. The van der Waals surface area contributed by atoms with Gasteiger partial charge in [0.15, 0.2) is 0 Å². The molecule has 0 spiro atoms. The fourth-order valence-corrected chi connectivity index (χ4v) is 1.24. The van der Waals surface area contributed by atoms with Crippen LogP contribution in [0.2, 0.25) is 0 Å². The monoisotopic (exact) mass is 279 g/mol. The summed E-state index contributed by atoms with van der Waals surface area (Å²) in [5, 5.41) is 2.74. The molecular formula is C9H17N3O5S. The van der Waals surface area contributed by atoms with Crippen molar-refractivity contribution in [2.75, 3.05) is 13.1 Å². The van der Waals surface area contributed by atoms with Gasteiger partial charge in [-0.05, 0) is 13.3 Å². The summed E-state index contributed by atoms with van der Waals surface area (Å²) < 4.78 is 29.6. The smallest absolute Gasteiger partial charge is 0.290 e. The summed E-state index contributed by atoms with van der Waals surface area (Å²) in [6, 6.07) is 0. The molecule has 0 saturated carbocycles. The van der Waals surface area contributed by atoms with Crippen LogP contribution in [-0.2, 0) is 19.7 Å². The Morgan fingerprint density at radius 3 is 2.28 bits per heavy atom. The van der Waals surface area contributed by atoms with Gasteiger partial charge in [0.05, 0.1) is 0 Å². The zero-order valence-electron chi connectivity index (χ0n) is 9.97. The number of carbonyl (C=O) groups excluding carboxylic acids is 2. The number of hydrogen-bond donors (Lipinski definition) is 4. The zero-order chi connectivity index (χ0) is 14.3. The molecule has 1 atom stereocenters. The molecule has 18 heavy (non-hydrogen) atoms. The van der Waals surface area contributed by atoms with E-state index in [0.29, 0.717) is 18.5 Å². The fourth-order valence-electron chi connectivity index (χ4n) is 0.889. The van der Waals surface area contributed by atoms with Crippen molar-refractivity contribution in [1.82, 2.24) is 10.6 Å². The van der Waals surface area contributed by atoms with Crippen molar-refractivity contribution in [3.63, 3.8) is 0 Å². The average Bonchev–Trinajstić information content (AvgIpc) is 2.25. The van der Waals surface area contributed by atoms with Crippen LogP contribution in [0.4, 0.5) is 0 Å². The first-order valence-electron chi connectivity index (χ1n) is 5.09. The molecule has 0 radical (unpaired) electrons. The number of rotatable bonds is 7. The zero-order valence-corrected chi connectivity index (χ0v) is 10.8. The summed E-state index contributed by atoms with van der Waals surface area (Å²) in [4.78, 5) is 22.2. The lowest BCUT2D eigenvalue weighted by Gasteiger charge is -2.09. The van der Waals surface area contributed by atoms with Gasteiger partial charge in [-0.25, -0.2) is 0 Å². The number of carbonyl (C=O) groups is 2. The minimum Gasteiger partial charge on any atom is -0.354 e. The van der Waals surface area contributed by atoms with Crippen molar-refractivity contribution >= 4 is 21.9 Å². The van der Waals surface area contributed by atoms with Crippen LogP contribution in [0.15, 0.2) is 12.2 Å². The van der Waals surface area contributed by atoms with E-state index >= 15 is 0 Å². The van der Waals surface area contributed by atoms with Crippen LogP contribution in [-0.4, -0.2) is 43.2 Å². The first-order valence-corrected chi connectivity index (χ1v) is 6.60. The highest BCUT2D eigenvalue weighted by atomic mass is 32.2. The number of nitrogens with two attached hydrogens (primary N) is 1. The van der Waals surface area contributed by atoms with E-state index in [0.717, 1.165) is 0 Å². The van der Waals surface area contributed by atoms with Gasteiger partial charge in [0, 0.05) is 18.7 Å². The molecule has 2 amide bonds. The molecule has 9 heteroatoms. The van der Waals surface area contributed by atoms with E-state index in [1.54, 1.807) is 6.92 Å². The molecule has 0 heterocycles. The minimum atomic E-state index is -4.59. The molecule has 5 N–H and O–H groups in total. The van der Waals surface area contributed by atoms with Crippen molar-refractivity contribution in [1.29, 1.82) is 0 Å². The average molecular weight is 279 g/mol. The van der Waals surface area contributed by atoms with Crippen molar-refractivity contribution in [3.05, 3.63) is 12.2 Å². The fraction of sp³-hybridized carbons (Fsp3) is 0.556. The third-order valence-corrected chi connectivity index (χ3v) is 2.76. The van der Waals surface area contributed by atoms with Gasteiger partial charge in [0.1, 0.15) is 0 Å². The first kappa shape index (κ1) is 16.6. The van der Waals surface area contributed by atoms with E-state index in [9.17, 15) is 18.0 Å². The lowest BCUT2D eigenvalue weighted by molar-refractivity contribution is -0.120. The lowest BCUT2D eigenvalue weighted by Crippen LogP contribution is -2.46. The Bertz CT molecular complexity index is 431. The van der Waals surface area contributed by atoms with Crippen LogP contribution in [0.25, 0.3) is 0 Å². The quantitative estimate of drug-likeness (QED) is 0.250. The Morgan fingerprint density at radius 1 is 1.33 bits per heavy atom. The largest absolute Gasteiger partial charge is 0.354 e. The maximum atomic E-state index is 11.1. The third kappa shape index (κ3) is 6.33. The summed E-state index contributed by atoms with van der Waals surface area (Å²) in [7, 11) is -4.59. The Kier molecular flexibility index (Phi) is 6.52. The number of amides is 2. The predicted octanol–water partition coefficient (Wildman–Crippen LogP) is -1.64. The summed E-state index contributed by atoms with van der Waals surface area (Å²) in [6.07, 6.45) is 0.392. The van der Waals surface area contributed by atoms with Gasteiger partial charge >= 0.3 is 0 Å². The van der Waals surface area contributed by atoms with Crippen LogP contribution < -0.4 is 16.4 Å². The summed E-state index contributed by atoms with van der Waals surface area (Å²) in [5.41, 5.74) is 5.33. The third-order valence-electron chi connectivity index (χ3n) is 1.91. The Hall–Kier alpha value is -1.45. The number of hydrogen-bond acceptors (Lipinski definition) is 5. The molecule has 0 aromatic carbocycles. The summed E-state index contributed by atoms with van der Waals surface area (Å²) in [5.74, 6) is -1.29. The molecule has 8 nitrogen and oxygen atoms in total. The maximum absolute atomic E-state index is 11.1. The van der Waals surface area contributed by atoms with Gasteiger partial charge < -0.3 is 16.4 Å². The van der Waals surface area contributed by atoms with E-state index in [4.69, 9.17) is 10.3 Å². The second-order valence-electron chi connectivity index (χ2n) is 3.62. The standard InChI is InChI=1S/C9H17N3O5S/c1-6(2)8(13)11-4-3-5-12-9(14)7(10)18(15,16)17/h7H,1,3-5,10H2,2H3,(H,11,13)(H,12,14)(H,15,16,17). The van der Waals surface area contributed by atoms with E-state index < -0.39 is 21.4 Å². The molecule has 0 aromatic heterocycles. The van der Waals surface area contributed by atoms with Crippen molar-refractivity contribution in [2.24, 2.45) is 5.73 Å². The molecule has 0 aliphatic heterocycles. The van der Waals surface area contributed by atoms with E-state index in [-0.39, 0.29) is 12.5 Å². The SMILES string of the molecule is C=C(C)C(=O)NCCCNC(=O)C(N)S(=O)(=O)O. The molecule has 0 aliphatic carbocycles. The molecule has 0 aliphatic rings. The lowest BCUT2D eigenvalue weighted by atomic mass is 10.3. The van der Waals surface area contributed by atoms with Crippen LogP contribution in [0.3, 0.4) is 0 Å². The second-order valence-corrected chi connectivity index (χ2v) is 5.15. The molecule has 0 rings (SSSR count). The molecule has 0 bridgehead atoms. The Balaban J connectivity index is 3.84. The minimum absolute atomic E-state index is 0.124. The van der Waals surface area contributed by atoms with Crippen molar-refractivity contribution < 1.29 is 22.6 Å². The van der Waals surface area contributed by atoms with Gasteiger partial charge in [-0.15, -0.1) is 0 Å². The second kappa shape index (κ2) is 7.09. The van der Waals surface area contributed by atoms with E-state index in [2.05, 4.69) is 17.2 Å². The highest BCUT2D eigenvalue weighted by Gasteiger charge is 2.25. The summed E-state index contributed by atoms with van der Waals surface area (Å²) >= 11 is 0. The van der Waals surface area contributed by atoms with Crippen molar-refractivity contribution in [2.45, 2.75) is 18.7 Å². The topological polar surface area (TPSA) is 139 Å². The van der Waals surface area contributed by atoms with E-state index in [1.165, 1.54) is 0 Å². The van der Waals surface area contributed by atoms with Gasteiger partial charge in [-0.3, -0.25) is 14.1 Å². The normalized spacial score (nSPS) is 12.6. The van der Waals surface area contributed by atoms with Crippen LogP contribution >= 0.6 is 0 Å². The highest BCUT2D eigenvalue weighted by molar-refractivity contribution is 7.87. The predicted molar refractivity (Wildman–Crippen MR) is 65.0 cm³/mol. The molecule has 1 unspecified atom stereocenters. The molecule has 0 saturated heterocycles. The van der Waals surface area contributed by atoms with Gasteiger partial charge in [0.2, 0.25) is 11.3 Å². The molecular weight excluding hydrogens is 262 g/mol. The highest BCUT2D eigenvalue weighted by Crippen LogP contribution is 1.90. The number of nitrogens with one attached hydrogen (secondary N) is 2. The molecule has 0 fully saturated rings. The molecule has 0 aromatic rings. The Labute approximate surface area is 105 Å². The van der Waals surface area contributed by atoms with Gasteiger partial charge in [-0.1, -0.05) is 6.58 Å². The molecule has 104 valence electrons. The van der Waals surface area contributed by atoms with Crippen LogP contribution in [0.1, 0.15) is 13.3 Å². The van der Waals surface area contributed by atoms with Gasteiger partial charge in [0.25, 0.3) is 16.0 Å². The van der Waals surface area contributed by atoms with E-state index in [1.807, 2.05) is 0 Å². The van der Waals surface area contributed by atoms with Crippen molar-refractivity contribution in [3.8, 4) is 0 Å². The summed E-state index contributed by atoms with van der Waals surface area (Å²) in [6.45, 7) is 5.42. The van der Waals surface area contributed by atoms with Crippen LogP contribution in [0, 0.1) is 0 Å². The first-order chi connectivity index (χ1) is 8.16.